The highest BCUT2D eigenvalue weighted by Gasteiger charge is 2.25. The molecule has 0 radical (unpaired) electrons. The summed E-state index contributed by atoms with van der Waals surface area (Å²) < 4.78 is 1.67. The molecule has 136 valence electrons. The monoisotopic (exact) mass is 361 g/mol. The topological polar surface area (TPSA) is 120 Å². The maximum absolute atomic E-state index is 12.1. The Balaban J connectivity index is 2.23. The van der Waals surface area contributed by atoms with Gasteiger partial charge >= 0.3 is 0 Å². The number of hydrogen-bond donors (Lipinski definition) is 3. The van der Waals surface area contributed by atoms with Crippen molar-refractivity contribution in [1.82, 2.24) is 14.5 Å². The number of rotatable bonds is 3. The van der Waals surface area contributed by atoms with Gasteiger partial charge in [-0.05, 0) is 37.1 Å². The Morgan fingerprint density at radius 1 is 1.15 bits per heavy atom. The van der Waals surface area contributed by atoms with Crippen LogP contribution in [0.5, 0.6) is 5.75 Å². The van der Waals surface area contributed by atoms with Gasteiger partial charge in [0.2, 0.25) is 0 Å². The molecule has 0 saturated heterocycles. The molecule has 5 N–H and O–H groups in total. The molecule has 0 spiro atoms. The van der Waals surface area contributed by atoms with Gasteiger partial charge in [0.1, 0.15) is 22.6 Å². The molecule has 4 aromatic rings. The number of aromatic nitrogens is 3. The van der Waals surface area contributed by atoms with Gasteiger partial charge in [0.15, 0.2) is 5.65 Å². The lowest BCUT2D eigenvalue weighted by molar-refractivity contribution is 0.100. The van der Waals surface area contributed by atoms with E-state index in [1.807, 2.05) is 38.1 Å². The lowest BCUT2D eigenvalue weighted by atomic mass is 10.0. The van der Waals surface area contributed by atoms with Crippen LogP contribution in [-0.2, 0) is 6.42 Å². The number of aryl methyl sites for hydroxylation is 1. The number of aromatic hydroxyl groups is 1. The quantitative estimate of drug-likeness (QED) is 0.518. The first-order valence-electron chi connectivity index (χ1n) is 8.62. The zero-order valence-corrected chi connectivity index (χ0v) is 15.0. The minimum absolute atomic E-state index is 0.132. The highest BCUT2D eigenvalue weighted by Crippen LogP contribution is 2.36. The predicted molar refractivity (Wildman–Crippen MR) is 105 cm³/mol. The summed E-state index contributed by atoms with van der Waals surface area (Å²) in [6.45, 7) is 3.85. The zero-order chi connectivity index (χ0) is 19.3. The Morgan fingerprint density at radius 3 is 2.44 bits per heavy atom. The van der Waals surface area contributed by atoms with E-state index in [4.69, 9.17) is 16.5 Å². The molecule has 2 heterocycles. The zero-order valence-electron chi connectivity index (χ0n) is 15.0. The summed E-state index contributed by atoms with van der Waals surface area (Å²) in [5.74, 6) is -0.346. The number of primary amides is 1. The molecule has 27 heavy (non-hydrogen) atoms. The average molecular weight is 361 g/mol. The number of fused-ring (bicyclic) bond motifs is 2. The van der Waals surface area contributed by atoms with Crippen LogP contribution in [0.1, 0.15) is 28.4 Å². The van der Waals surface area contributed by atoms with E-state index in [-0.39, 0.29) is 17.1 Å². The molecule has 2 aromatic heterocycles. The van der Waals surface area contributed by atoms with Crippen molar-refractivity contribution in [2.24, 2.45) is 5.73 Å². The molecule has 1 amide bonds. The minimum Gasteiger partial charge on any atom is -0.508 e. The van der Waals surface area contributed by atoms with Crippen molar-refractivity contribution in [1.29, 1.82) is 0 Å². The van der Waals surface area contributed by atoms with Gasteiger partial charge in [-0.25, -0.2) is 9.97 Å². The van der Waals surface area contributed by atoms with E-state index in [1.54, 1.807) is 16.7 Å². The summed E-state index contributed by atoms with van der Waals surface area (Å²) >= 11 is 0. The number of benzene rings is 2. The number of anilines is 1. The molecule has 7 heteroatoms. The highest BCUT2D eigenvalue weighted by atomic mass is 16.3. The SMILES string of the molecule is CCc1c(O)ccc(C)c1-n1c(N)c(C(N)=O)c2nc3ccccc3nc21. The van der Waals surface area contributed by atoms with Gasteiger partial charge < -0.3 is 16.6 Å². The van der Waals surface area contributed by atoms with Crippen molar-refractivity contribution >= 4 is 33.9 Å². The van der Waals surface area contributed by atoms with Crippen LogP contribution in [0.4, 0.5) is 5.82 Å². The van der Waals surface area contributed by atoms with Crippen molar-refractivity contribution in [2.45, 2.75) is 20.3 Å². The molecule has 0 saturated carbocycles. The van der Waals surface area contributed by atoms with Gasteiger partial charge in [-0.1, -0.05) is 25.1 Å². The molecule has 0 unspecified atom stereocenters. The largest absolute Gasteiger partial charge is 0.508 e. The van der Waals surface area contributed by atoms with Crippen molar-refractivity contribution in [3.8, 4) is 11.4 Å². The Morgan fingerprint density at radius 2 is 1.81 bits per heavy atom. The molecule has 2 aromatic carbocycles. The second-order valence-electron chi connectivity index (χ2n) is 6.43. The fourth-order valence-corrected chi connectivity index (χ4v) is 3.53. The number of para-hydroxylation sites is 2. The van der Waals surface area contributed by atoms with Crippen molar-refractivity contribution in [2.75, 3.05) is 5.73 Å². The number of carbonyl (C=O) groups excluding carboxylic acids is 1. The number of phenolic OH excluding ortho intramolecular Hbond substituents is 1. The van der Waals surface area contributed by atoms with E-state index < -0.39 is 5.91 Å². The number of hydrogen-bond acceptors (Lipinski definition) is 5. The number of carbonyl (C=O) groups is 1. The van der Waals surface area contributed by atoms with Gasteiger partial charge in [0.25, 0.3) is 5.91 Å². The third-order valence-corrected chi connectivity index (χ3v) is 4.78. The van der Waals surface area contributed by atoms with Gasteiger partial charge in [-0.3, -0.25) is 9.36 Å². The molecular formula is C20H19N5O2. The second-order valence-corrected chi connectivity index (χ2v) is 6.43. The molecule has 0 atom stereocenters. The number of nitrogen functional groups attached to an aromatic ring is 1. The minimum atomic E-state index is -0.670. The normalized spacial score (nSPS) is 11.3. The average Bonchev–Trinajstić information content (AvgIpc) is 2.92. The van der Waals surface area contributed by atoms with Crippen LogP contribution in [0.25, 0.3) is 27.9 Å². The first kappa shape index (κ1) is 16.8. The number of nitrogens with two attached hydrogens (primary N) is 2. The van der Waals surface area contributed by atoms with Gasteiger partial charge in [-0.15, -0.1) is 0 Å². The van der Waals surface area contributed by atoms with Crippen LogP contribution < -0.4 is 11.5 Å². The van der Waals surface area contributed by atoms with Crippen LogP contribution in [0.2, 0.25) is 0 Å². The Kier molecular flexibility index (Phi) is 3.73. The van der Waals surface area contributed by atoms with E-state index in [2.05, 4.69) is 4.98 Å². The number of amides is 1. The predicted octanol–water partition coefficient (Wildman–Crippen LogP) is 2.83. The summed E-state index contributed by atoms with van der Waals surface area (Å²) in [5, 5.41) is 10.3. The first-order chi connectivity index (χ1) is 12.9. The lowest BCUT2D eigenvalue weighted by Crippen LogP contribution is -2.14. The maximum atomic E-state index is 12.1. The molecular weight excluding hydrogens is 342 g/mol. The van der Waals surface area contributed by atoms with E-state index in [9.17, 15) is 9.90 Å². The third kappa shape index (κ3) is 2.39. The van der Waals surface area contributed by atoms with Crippen LogP contribution in [0.3, 0.4) is 0 Å². The summed E-state index contributed by atoms with van der Waals surface area (Å²) in [4.78, 5) is 21.4. The van der Waals surface area contributed by atoms with Crippen molar-refractivity contribution in [3.05, 3.63) is 53.1 Å². The molecule has 4 rings (SSSR count). The van der Waals surface area contributed by atoms with E-state index in [0.29, 0.717) is 39.9 Å². The van der Waals surface area contributed by atoms with Gasteiger partial charge in [0.05, 0.1) is 16.7 Å². The summed E-state index contributed by atoms with van der Waals surface area (Å²) in [6.07, 6.45) is 0.578. The van der Waals surface area contributed by atoms with Gasteiger partial charge in [0, 0.05) is 5.56 Å². The Hall–Kier alpha value is -3.61. The molecule has 0 aliphatic carbocycles. The highest BCUT2D eigenvalue weighted by molar-refractivity contribution is 6.10. The smallest absolute Gasteiger partial charge is 0.254 e. The standard InChI is InChI=1S/C20H19N5O2/c1-3-11-14(26)9-8-10(2)17(11)25-18(21)15(19(22)27)16-20(25)24-13-7-5-4-6-12(13)23-16/h4-9,26H,3,21H2,1-2H3,(H2,22,27). The van der Waals surface area contributed by atoms with Crippen LogP contribution in [-0.4, -0.2) is 25.5 Å². The van der Waals surface area contributed by atoms with E-state index in [0.717, 1.165) is 5.56 Å². The lowest BCUT2D eigenvalue weighted by Gasteiger charge is -2.16. The Bertz CT molecular complexity index is 1230. The maximum Gasteiger partial charge on any atom is 0.254 e. The fourth-order valence-electron chi connectivity index (χ4n) is 3.53. The fraction of sp³-hybridized carbons (Fsp3) is 0.150. The molecule has 0 fully saturated rings. The molecule has 0 aliphatic rings. The first-order valence-corrected chi connectivity index (χ1v) is 8.62. The Labute approximate surface area is 155 Å². The van der Waals surface area contributed by atoms with Crippen LogP contribution in [0.15, 0.2) is 36.4 Å². The van der Waals surface area contributed by atoms with E-state index in [1.165, 1.54) is 0 Å². The van der Waals surface area contributed by atoms with Crippen LogP contribution in [0, 0.1) is 6.92 Å². The van der Waals surface area contributed by atoms with Crippen molar-refractivity contribution < 1.29 is 9.90 Å². The molecule has 7 nitrogen and oxygen atoms in total. The summed E-state index contributed by atoms with van der Waals surface area (Å²) in [7, 11) is 0. The number of nitrogens with zero attached hydrogens (tertiary/aromatic N) is 3. The third-order valence-electron chi connectivity index (χ3n) is 4.78. The number of phenols is 1. The molecule has 0 bridgehead atoms. The van der Waals surface area contributed by atoms with Gasteiger partial charge in [-0.2, -0.15) is 0 Å². The second kappa shape index (κ2) is 5.98. The van der Waals surface area contributed by atoms with E-state index >= 15 is 0 Å². The van der Waals surface area contributed by atoms with Crippen molar-refractivity contribution in [3.63, 3.8) is 0 Å². The summed E-state index contributed by atoms with van der Waals surface area (Å²) in [6, 6.07) is 10.8. The van der Waals surface area contributed by atoms with Crippen LogP contribution >= 0.6 is 0 Å². The molecule has 0 aliphatic heterocycles. The summed E-state index contributed by atoms with van der Waals surface area (Å²) in [5.41, 5.74) is 16.5.